The van der Waals surface area contributed by atoms with Crippen LogP contribution in [0.5, 0.6) is 0 Å². The van der Waals surface area contributed by atoms with E-state index >= 15 is 0 Å². The van der Waals surface area contributed by atoms with E-state index in [0.717, 1.165) is 11.1 Å². The third kappa shape index (κ3) is 3.76. The molecule has 0 fully saturated rings. The minimum atomic E-state index is -1.07. The fourth-order valence-electron chi connectivity index (χ4n) is 2.78. The van der Waals surface area contributed by atoms with E-state index in [1.807, 2.05) is 67.6 Å². The molecule has 0 aliphatic heterocycles. The topological polar surface area (TPSA) is 34.1 Å². The van der Waals surface area contributed by atoms with Gasteiger partial charge in [0.15, 0.2) is 0 Å². The van der Waals surface area contributed by atoms with Crippen molar-refractivity contribution in [2.75, 3.05) is 0 Å². The van der Waals surface area contributed by atoms with E-state index in [0.29, 0.717) is 0 Å². The minimum absolute atomic E-state index is 0.0843. The summed E-state index contributed by atoms with van der Waals surface area (Å²) in [6.07, 6.45) is 0. The SMILES string of the molecule is CC(c1ccccc1)C(c1ccccc1)C(C(=O)Cl)C(=O)Cl. The standard InChI is InChI=1S/C18H16Cl2O2/c1-12(13-8-4-2-5-9-13)15(14-10-6-3-7-11-14)16(17(19)21)18(20)22/h2-12,15-16H,1H3. The van der Waals surface area contributed by atoms with Gasteiger partial charge in [0.2, 0.25) is 10.5 Å². The summed E-state index contributed by atoms with van der Waals surface area (Å²) >= 11 is 11.3. The van der Waals surface area contributed by atoms with Crippen molar-refractivity contribution in [3.05, 3.63) is 71.8 Å². The first-order chi connectivity index (χ1) is 10.5. The molecular formula is C18H16Cl2O2. The molecular weight excluding hydrogens is 319 g/mol. The van der Waals surface area contributed by atoms with Gasteiger partial charge in [-0.1, -0.05) is 67.6 Å². The number of carbonyl (C=O) groups is 2. The predicted octanol–water partition coefficient (Wildman–Crippen LogP) is 4.72. The summed E-state index contributed by atoms with van der Waals surface area (Å²) in [6.45, 7) is 1.97. The largest absolute Gasteiger partial charge is 0.280 e. The van der Waals surface area contributed by atoms with Crippen LogP contribution in [-0.4, -0.2) is 10.5 Å². The van der Waals surface area contributed by atoms with Crippen molar-refractivity contribution < 1.29 is 9.59 Å². The lowest BCUT2D eigenvalue weighted by molar-refractivity contribution is -0.125. The zero-order chi connectivity index (χ0) is 16.1. The zero-order valence-corrected chi connectivity index (χ0v) is 13.6. The molecule has 2 aromatic carbocycles. The van der Waals surface area contributed by atoms with Gasteiger partial charge in [-0.15, -0.1) is 0 Å². The van der Waals surface area contributed by atoms with Crippen LogP contribution in [0, 0.1) is 5.92 Å². The highest BCUT2D eigenvalue weighted by Gasteiger charge is 2.37. The van der Waals surface area contributed by atoms with Gasteiger partial charge in [-0.05, 0) is 40.2 Å². The Morgan fingerprint density at radius 3 is 1.59 bits per heavy atom. The molecule has 0 saturated carbocycles. The van der Waals surface area contributed by atoms with E-state index in [9.17, 15) is 9.59 Å². The summed E-state index contributed by atoms with van der Waals surface area (Å²) in [6, 6.07) is 19.1. The van der Waals surface area contributed by atoms with E-state index in [1.54, 1.807) is 0 Å². The molecule has 0 bridgehead atoms. The Balaban J connectivity index is 2.50. The molecule has 4 heteroatoms. The van der Waals surface area contributed by atoms with Crippen molar-refractivity contribution in [3.8, 4) is 0 Å². The van der Waals surface area contributed by atoms with E-state index in [1.165, 1.54) is 0 Å². The molecule has 2 rings (SSSR count). The smallest absolute Gasteiger partial charge is 0.234 e. The average molecular weight is 335 g/mol. The second-order valence-electron chi connectivity index (χ2n) is 5.22. The van der Waals surface area contributed by atoms with Crippen LogP contribution < -0.4 is 0 Å². The maximum Gasteiger partial charge on any atom is 0.234 e. The molecule has 0 aromatic heterocycles. The zero-order valence-electron chi connectivity index (χ0n) is 12.1. The highest BCUT2D eigenvalue weighted by atomic mass is 35.5. The van der Waals surface area contributed by atoms with Gasteiger partial charge in [0.05, 0.1) is 0 Å². The van der Waals surface area contributed by atoms with Gasteiger partial charge in [-0.3, -0.25) is 9.59 Å². The van der Waals surface area contributed by atoms with Gasteiger partial charge in [0, 0.05) is 5.92 Å². The maximum atomic E-state index is 11.8. The van der Waals surface area contributed by atoms with Crippen molar-refractivity contribution >= 4 is 33.7 Å². The van der Waals surface area contributed by atoms with Gasteiger partial charge in [0.1, 0.15) is 5.92 Å². The maximum absolute atomic E-state index is 11.8. The molecule has 2 atom stereocenters. The van der Waals surface area contributed by atoms with Gasteiger partial charge >= 0.3 is 0 Å². The molecule has 0 heterocycles. The van der Waals surface area contributed by atoms with Crippen LogP contribution in [0.4, 0.5) is 0 Å². The molecule has 0 N–H and O–H groups in total. The highest BCUT2D eigenvalue weighted by molar-refractivity contribution is 6.73. The molecule has 0 radical (unpaired) electrons. The molecule has 2 unspecified atom stereocenters. The van der Waals surface area contributed by atoms with Crippen molar-refractivity contribution in [2.24, 2.45) is 5.92 Å². The Morgan fingerprint density at radius 2 is 1.18 bits per heavy atom. The summed E-state index contributed by atoms with van der Waals surface area (Å²) in [7, 11) is 0. The van der Waals surface area contributed by atoms with Crippen molar-refractivity contribution in [3.63, 3.8) is 0 Å². The fraction of sp³-hybridized carbons (Fsp3) is 0.222. The molecule has 114 valence electrons. The normalized spacial score (nSPS) is 13.6. The molecule has 0 aliphatic carbocycles. The van der Waals surface area contributed by atoms with Crippen LogP contribution >= 0.6 is 23.2 Å². The number of benzene rings is 2. The first kappa shape index (κ1) is 16.7. The third-order valence-corrected chi connectivity index (χ3v) is 4.37. The van der Waals surface area contributed by atoms with E-state index in [2.05, 4.69) is 0 Å². The van der Waals surface area contributed by atoms with Crippen molar-refractivity contribution in [1.29, 1.82) is 0 Å². The number of rotatable bonds is 6. The molecule has 0 aliphatic rings. The number of halogens is 2. The van der Waals surface area contributed by atoms with Crippen molar-refractivity contribution in [2.45, 2.75) is 18.8 Å². The first-order valence-electron chi connectivity index (χ1n) is 7.01. The number of hydrogen-bond acceptors (Lipinski definition) is 2. The minimum Gasteiger partial charge on any atom is -0.280 e. The summed E-state index contributed by atoms with van der Waals surface area (Å²) in [5.74, 6) is -1.56. The van der Waals surface area contributed by atoms with E-state index in [4.69, 9.17) is 23.2 Å². The monoisotopic (exact) mass is 334 g/mol. The van der Waals surface area contributed by atoms with Crippen LogP contribution in [0.1, 0.15) is 29.9 Å². The Bertz CT molecular complexity index is 627. The van der Waals surface area contributed by atoms with Gasteiger partial charge < -0.3 is 0 Å². The van der Waals surface area contributed by atoms with Gasteiger partial charge in [0.25, 0.3) is 0 Å². The van der Waals surface area contributed by atoms with Crippen LogP contribution in [-0.2, 0) is 9.59 Å². The van der Waals surface area contributed by atoms with Crippen LogP contribution in [0.25, 0.3) is 0 Å². The van der Waals surface area contributed by atoms with E-state index < -0.39 is 22.3 Å². The Morgan fingerprint density at radius 1 is 0.773 bits per heavy atom. The summed E-state index contributed by atoms with van der Waals surface area (Å²) < 4.78 is 0. The first-order valence-corrected chi connectivity index (χ1v) is 7.76. The molecule has 0 amide bonds. The lowest BCUT2D eigenvalue weighted by Crippen LogP contribution is -2.28. The third-order valence-electron chi connectivity index (χ3n) is 3.90. The number of carbonyl (C=O) groups excluding carboxylic acids is 2. The number of hydrogen-bond donors (Lipinski definition) is 0. The summed E-state index contributed by atoms with van der Waals surface area (Å²) in [4.78, 5) is 23.6. The Kier molecular flexibility index (Phi) is 5.76. The van der Waals surface area contributed by atoms with Crippen molar-refractivity contribution in [1.82, 2.24) is 0 Å². The lowest BCUT2D eigenvalue weighted by atomic mass is 9.75. The quantitative estimate of drug-likeness (QED) is 0.565. The second-order valence-corrected chi connectivity index (χ2v) is 5.97. The molecule has 22 heavy (non-hydrogen) atoms. The molecule has 2 aromatic rings. The summed E-state index contributed by atoms with van der Waals surface area (Å²) in [5.41, 5.74) is 1.89. The highest BCUT2D eigenvalue weighted by Crippen LogP contribution is 2.40. The molecule has 0 saturated heterocycles. The van der Waals surface area contributed by atoms with Crippen LogP contribution in [0.3, 0.4) is 0 Å². The Hall–Kier alpha value is -1.64. The summed E-state index contributed by atoms with van der Waals surface area (Å²) in [5, 5.41) is -1.45. The van der Waals surface area contributed by atoms with Gasteiger partial charge in [-0.2, -0.15) is 0 Å². The molecule has 2 nitrogen and oxygen atoms in total. The fourth-order valence-corrected chi connectivity index (χ4v) is 3.31. The Labute approximate surface area is 140 Å². The second kappa shape index (κ2) is 7.57. The lowest BCUT2D eigenvalue weighted by Gasteiger charge is -2.28. The predicted molar refractivity (Wildman–Crippen MR) is 89.3 cm³/mol. The average Bonchev–Trinajstić information content (AvgIpc) is 2.52. The molecule has 0 spiro atoms. The van der Waals surface area contributed by atoms with Crippen LogP contribution in [0.15, 0.2) is 60.7 Å². The van der Waals surface area contributed by atoms with Crippen LogP contribution in [0.2, 0.25) is 0 Å². The van der Waals surface area contributed by atoms with Gasteiger partial charge in [-0.25, -0.2) is 0 Å². The van der Waals surface area contributed by atoms with E-state index in [-0.39, 0.29) is 5.92 Å².